The minimum atomic E-state index is 0. The predicted octanol–water partition coefficient (Wildman–Crippen LogP) is 7.15. The molecule has 1 aromatic heterocycles. The minimum absolute atomic E-state index is 0. The summed E-state index contributed by atoms with van der Waals surface area (Å²) in [5.41, 5.74) is 3.68. The molecular formula is C21H16Cl3N. The molecule has 126 valence electrons. The highest BCUT2D eigenvalue weighted by Gasteiger charge is 1.97. The Morgan fingerprint density at radius 1 is 0.560 bits per heavy atom. The molecule has 3 aromatic rings. The first-order valence-electron chi connectivity index (χ1n) is 7.55. The van der Waals surface area contributed by atoms with Crippen LogP contribution in [0.15, 0.2) is 66.7 Å². The summed E-state index contributed by atoms with van der Waals surface area (Å²) < 4.78 is 0. The monoisotopic (exact) mass is 387 g/mol. The molecule has 0 saturated heterocycles. The van der Waals surface area contributed by atoms with E-state index in [9.17, 15) is 0 Å². The summed E-state index contributed by atoms with van der Waals surface area (Å²) in [4.78, 5) is 4.60. The van der Waals surface area contributed by atoms with Crippen molar-refractivity contribution in [1.82, 2.24) is 4.98 Å². The number of benzene rings is 2. The van der Waals surface area contributed by atoms with E-state index in [0.29, 0.717) is 0 Å². The summed E-state index contributed by atoms with van der Waals surface area (Å²) in [6.07, 6.45) is 7.83. The van der Waals surface area contributed by atoms with Crippen LogP contribution in [-0.4, -0.2) is 4.98 Å². The first-order chi connectivity index (χ1) is 11.7. The molecule has 0 radical (unpaired) electrons. The van der Waals surface area contributed by atoms with Crippen LogP contribution >= 0.6 is 35.6 Å². The summed E-state index contributed by atoms with van der Waals surface area (Å²) in [6, 6.07) is 21.3. The van der Waals surface area contributed by atoms with Gasteiger partial charge in [0.1, 0.15) is 0 Å². The Hall–Kier alpha value is -2.06. The molecule has 1 nitrogen and oxygen atoms in total. The summed E-state index contributed by atoms with van der Waals surface area (Å²) in [6.45, 7) is 0. The molecule has 3 rings (SSSR count). The lowest BCUT2D eigenvalue weighted by atomic mass is 10.1. The van der Waals surface area contributed by atoms with E-state index in [4.69, 9.17) is 23.2 Å². The molecule has 0 atom stereocenters. The highest BCUT2D eigenvalue weighted by molar-refractivity contribution is 6.32. The smallest absolute Gasteiger partial charge is 0.0637 e. The number of nitrogens with zero attached hydrogens (tertiary/aromatic N) is 1. The van der Waals surface area contributed by atoms with Gasteiger partial charge < -0.3 is 0 Å². The first kappa shape index (κ1) is 19.3. The second kappa shape index (κ2) is 9.43. The SMILES string of the molecule is Cl.Clc1ccccc1/C=C/c1cccc(/C=C/c2ccccc2Cl)n1. The standard InChI is InChI=1S/C21H15Cl2N.ClH/c22-20-10-3-1-6-16(20)12-14-18-8-5-9-19(24-18)15-13-17-7-2-4-11-21(17)23;/h1-15H;1H/b14-12+,15-13+;. The molecule has 0 N–H and O–H groups in total. The quantitative estimate of drug-likeness (QED) is 0.462. The van der Waals surface area contributed by atoms with Gasteiger partial charge in [0.2, 0.25) is 0 Å². The fraction of sp³-hybridized carbons (Fsp3) is 0. The Bertz CT molecular complexity index is 830. The molecule has 1 heterocycles. The number of hydrogen-bond acceptors (Lipinski definition) is 1. The number of hydrogen-bond donors (Lipinski definition) is 0. The van der Waals surface area contributed by atoms with Crippen molar-refractivity contribution < 1.29 is 0 Å². The normalized spacial score (nSPS) is 11.0. The van der Waals surface area contributed by atoms with Crippen LogP contribution in [0, 0.1) is 0 Å². The fourth-order valence-corrected chi connectivity index (χ4v) is 2.62. The third kappa shape index (κ3) is 5.47. The molecule has 4 heteroatoms. The molecule has 2 aromatic carbocycles. The Balaban J connectivity index is 0.00000225. The molecule has 0 unspecified atom stereocenters. The molecule has 0 amide bonds. The van der Waals surface area contributed by atoms with E-state index >= 15 is 0 Å². The van der Waals surface area contributed by atoms with Gasteiger partial charge in [-0.3, -0.25) is 0 Å². The van der Waals surface area contributed by atoms with Crippen LogP contribution < -0.4 is 0 Å². The Labute approximate surface area is 164 Å². The average Bonchev–Trinajstić information content (AvgIpc) is 2.61. The molecule has 0 fully saturated rings. The third-order valence-corrected chi connectivity index (χ3v) is 4.16. The van der Waals surface area contributed by atoms with Crippen LogP contribution in [-0.2, 0) is 0 Å². The van der Waals surface area contributed by atoms with Crippen LogP contribution in [0.1, 0.15) is 22.5 Å². The molecule has 0 bridgehead atoms. The van der Waals surface area contributed by atoms with Gasteiger partial charge >= 0.3 is 0 Å². The van der Waals surface area contributed by atoms with Crippen LogP contribution in [0.2, 0.25) is 10.0 Å². The van der Waals surface area contributed by atoms with Crippen molar-refractivity contribution in [2.75, 3.05) is 0 Å². The minimum Gasteiger partial charge on any atom is -0.249 e. The molecule has 0 aliphatic heterocycles. The predicted molar refractivity (Wildman–Crippen MR) is 112 cm³/mol. The Morgan fingerprint density at radius 2 is 1.00 bits per heavy atom. The van der Waals surface area contributed by atoms with Gasteiger partial charge in [-0.05, 0) is 47.5 Å². The molecule has 25 heavy (non-hydrogen) atoms. The highest BCUT2D eigenvalue weighted by Crippen LogP contribution is 2.19. The van der Waals surface area contributed by atoms with Crippen molar-refractivity contribution in [3.05, 3.63) is 99.3 Å². The van der Waals surface area contributed by atoms with Crippen molar-refractivity contribution in [1.29, 1.82) is 0 Å². The zero-order chi connectivity index (χ0) is 16.8. The molecule has 0 aliphatic rings. The van der Waals surface area contributed by atoms with Crippen molar-refractivity contribution in [2.45, 2.75) is 0 Å². The van der Waals surface area contributed by atoms with Crippen LogP contribution in [0.25, 0.3) is 24.3 Å². The van der Waals surface area contributed by atoms with Crippen molar-refractivity contribution in [2.24, 2.45) is 0 Å². The van der Waals surface area contributed by atoms with Crippen LogP contribution in [0.5, 0.6) is 0 Å². The Kier molecular flexibility index (Phi) is 7.27. The van der Waals surface area contributed by atoms with Gasteiger partial charge in [0.05, 0.1) is 11.4 Å². The maximum Gasteiger partial charge on any atom is 0.0637 e. The Morgan fingerprint density at radius 3 is 1.44 bits per heavy atom. The summed E-state index contributed by atoms with van der Waals surface area (Å²) in [7, 11) is 0. The number of pyridine rings is 1. The van der Waals surface area contributed by atoms with E-state index in [1.807, 2.05) is 91.0 Å². The van der Waals surface area contributed by atoms with Crippen LogP contribution in [0.3, 0.4) is 0 Å². The van der Waals surface area contributed by atoms with E-state index in [-0.39, 0.29) is 12.4 Å². The van der Waals surface area contributed by atoms with Crippen molar-refractivity contribution in [3.63, 3.8) is 0 Å². The first-order valence-corrected chi connectivity index (χ1v) is 8.30. The lowest BCUT2D eigenvalue weighted by Crippen LogP contribution is -1.84. The summed E-state index contributed by atoms with van der Waals surface area (Å²) in [5, 5.41) is 1.45. The lowest BCUT2D eigenvalue weighted by Gasteiger charge is -1.99. The van der Waals surface area contributed by atoms with Gasteiger partial charge in [-0.25, -0.2) is 4.98 Å². The zero-order valence-corrected chi connectivity index (χ0v) is 15.6. The lowest BCUT2D eigenvalue weighted by molar-refractivity contribution is 1.27. The fourth-order valence-electron chi connectivity index (χ4n) is 2.23. The number of rotatable bonds is 4. The van der Waals surface area contributed by atoms with Gasteiger partial charge in [-0.2, -0.15) is 0 Å². The topological polar surface area (TPSA) is 12.9 Å². The van der Waals surface area contributed by atoms with Gasteiger partial charge in [-0.15, -0.1) is 12.4 Å². The van der Waals surface area contributed by atoms with Gasteiger partial charge in [-0.1, -0.05) is 77.8 Å². The number of aromatic nitrogens is 1. The van der Waals surface area contributed by atoms with E-state index in [1.165, 1.54) is 0 Å². The second-order valence-corrected chi connectivity index (χ2v) is 6.01. The second-order valence-electron chi connectivity index (χ2n) is 5.20. The maximum absolute atomic E-state index is 6.16. The van der Waals surface area contributed by atoms with E-state index < -0.39 is 0 Å². The largest absolute Gasteiger partial charge is 0.249 e. The molecule has 0 saturated carbocycles. The third-order valence-electron chi connectivity index (χ3n) is 3.47. The van der Waals surface area contributed by atoms with Gasteiger partial charge in [0.25, 0.3) is 0 Å². The van der Waals surface area contributed by atoms with E-state index in [2.05, 4.69) is 4.98 Å². The summed E-state index contributed by atoms with van der Waals surface area (Å²) in [5.74, 6) is 0. The van der Waals surface area contributed by atoms with E-state index in [1.54, 1.807) is 0 Å². The van der Waals surface area contributed by atoms with Crippen molar-refractivity contribution in [3.8, 4) is 0 Å². The number of halogens is 3. The average molecular weight is 389 g/mol. The molecule has 0 spiro atoms. The maximum atomic E-state index is 6.16. The van der Waals surface area contributed by atoms with Crippen LogP contribution in [0.4, 0.5) is 0 Å². The molecular weight excluding hydrogens is 373 g/mol. The van der Waals surface area contributed by atoms with Crippen molar-refractivity contribution >= 4 is 59.9 Å². The zero-order valence-electron chi connectivity index (χ0n) is 13.3. The summed E-state index contributed by atoms with van der Waals surface area (Å²) >= 11 is 12.3. The highest BCUT2D eigenvalue weighted by atomic mass is 35.5. The molecule has 0 aliphatic carbocycles. The van der Waals surface area contributed by atoms with Gasteiger partial charge in [0, 0.05) is 10.0 Å². The van der Waals surface area contributed by atoms with E-state index in [0.717, 1.165) is 32.6 Å². The van der Waals surface area contributed by atoms with Gasteiger partial charge in [0.15, 0.2) is 0 Å².